The Balaban J connectivity index is 2.18. The summed E-state index contributed by atoms with van der Waals surface area (Å²) in [6, 6.07) is 4.55. The minimum absolute atomic E-state index is 0.0764. The summed E-state index contributed by atoms with van der Waals surface area (Å²) >= 11 is 0. The number of likely N-dealkylation sites (tertiary alicyclic amines) is 1. The number of halogens is 1. The van der Waals surface area contributed by atoms with Crippen molar-refractivity contribution < 1.29 is 13.9 Å². The van der Waals surface area contributed by atoms with Gasteiger partial charge in [0, 0.05) is 19.2 Å². The number of carbonyl (C=O) groups excluding carboxylic acids is 1. The molecule has 116 valence electrons. The molecule has 5 nitrogen and oxygen atoms in total. The number of benzene rings is 1. The highest BCUT2D eigenvalue weighted by atomic mass is 19.1. The maximum absolute atomic E-state index is 14.0. The smallest absolute Gasteiger partial charge is 0.251 e. The van der Waals surface area contributed by atoms with E-state index in [-0.39, 0.29) is 17.8 Å². The van der Waals surface area contributed by atoms with Crippen molar-refractivity contribution in [2.24, 2.45) is 0 Å². The van der Waals surface area contributed by atoms with Crippen molar-refractivity contribution >= 4 is 5.91 Å². The van der Waals surface area contributed by atoms with E-state index in [1.165, 1.54) is 13.2 Å². The lowest BCUT2D eigenvalue weighted by Crippen LogP contribution is -2.51. The number of nitrogens with one attached hydrogen (secondary N) is 2. The molecular formula is C15H22FN3O2. The van der Waals surface area contributed by atoms with E-state index in [4.69, 9.17) is 4.74 Å². The van der Waals surface area contributed by atoms with Gasteiger partial charge >= 0.3 is 0 Å². The van der Waals surface area contributed by atoms with Crippen LogP contribution in [-0.4, -0.2) is 37.6 Å². The molecule has 1 heterocycles. The second-order valence-electron chi connectivity index (χ2n) is 5.14. The lowest BCUT2D eigenvalue weighted by molar-refractivity contribution is -0.128. The predicted octanol–water partition coefficient (Wildman–Crippen LogP) is 1.44. The van der Waals surface area contributed by atoms with Gasteiger partial charge in [-0.1, -0.05) is 12.5 Å². The van der Waals surface area contributed by atoms with Crippen LogP contribution in [-0.2, 0) is 11.3 Å². The summed E-state index contributed by atoms with van der Waals surface area (Å²) in [4.78, 5) is 14.1. The molecule has 0 saturated carbocycles. The second kappa shape index (κ2) is 7.38. The maximum atomic E-state index is 14.0. The third-order valence-electron chi connectivity index (χ3n) is 3.82. The minimum Gasteiger partial charge on any atom is -0.496 e. The summed E-state index contributed by atoms with van der Waals surface area (Å²) in [5.41, 5.74) is 5.78. The number of piperidine rings is 1. The van der Waals surface area contributed by atoms with E-state index in [0.717, 1.165) is 25.8 Å². The van der Waals surface area contributed by atoms with Crippen molar-refractivity contribution in [3.63, 3.8) is 0 Å². The first kappa shape index (κ1) is 15.7. The van der Waals surface area contributed by atoms with E-state index in [1.54, 1.807) is 19.2 Å². The Hall–Kier alpha value is -1.66. The van der Waals surface area contributed by atoms with Gasteiger partial charge in [0.05, 0.1) is 13.2 Å². The second-order valence-corrected chi connectivity index (χ2v) is 5.14. The molecule has 2 rings (SSSR count). The van der Waals surface area contributed by atoms with Crippen molar-refractivity contribution in [1.82, 2.24) is 15.8 Å². The molecule has 1 aliphatic heterocycles. The normalized spacial score (nSPS) is 19.3. The molecule has 0 aliphatic carbocycles. The Morgan fingerprint density at radius 2 is 2.29 bits per heavy atom. The zero-order chi connectivity index (χ0) is 15.2. The number of rotatable bonds is 5. The highest BCUT2D eigenvalue weighted by Crippen LogP contribution is 2.26. The molecule has 1 atom stereocenters. The van der Waals surface area contributed by atoms with Crippen LogP contribution in [0.4, 0.5) is 4.39 Å². The van der Waals surface area contributed by atoms with Crippen molar-refractivity contribution in [1.29, 1.82) is 0 Å². The number of amides is 1. The van der Waals surface area contributed by atoms with E-state index >= 15 is 0 Å². The van der Waals surface area contributed by atoms with Gasteiger partial charge in [-0.3, -0.25) is 15.1 Å². The monoisotopic (exact) mass is 295 g/mol. The first-order valence-electron chi connectivity index (χ1n) is 7.19. The molecule has 1 amide bonds. The van der Waals surface area contributed by atoms with Crippen LogP contribution in [0.2, 0.25) is 0 Å². The average molecular weight is 295 g/mol. The molecule has 21 heavy (non-hydrogen) atoms. The molecular weight excluding hydrogens is 273 g/mol. The highest BCUT2D eigenvalue weighted by molar-refractivity contribution is 5.81. The van der Waals surface area contributed by atoms with Crippen LogP contribution in [0.25, 0.3) is 0 Å². The molecule has 1 aliphatic rings. The average Bonchev–Trinajstić information content (AvgIpc) is 2.50. The number of hydrogen-bond donors (Lipinski definition) is 2. The number of carbonyl (C=O) groups is 1. The summed E-state index contributed by atoms with van der Waals surface area (Å²) in [5.74, 6) is 0.147. The number of ether oxygens (including phenoxy) is 1. The summed E-state index contributed by atoms with van der Waals surface area (Å²) in [5, 5.41) is 0. The fourth-order valence-electron chi connectivity index (χ4n) is 2.77. The fourth-order valence-corrected chi connectivity index (χ4v) is 2.77. The molecule has 0 radical (unpaired) electrons. The number of hydrazine groups is 1. The van der Waals surface area contributed by atoms with Gasteiger partial charge in [-0.2, -0.15) is 0 Å². The minimum atomic E-state index is -0.298. The summed E-state index contributed by atoms with van der Waals surface area (Å²) in [6.07, 6.45) is 2.80. The first-order valence-corrected chi connectivity index (χ1v) is 7.19. The van der Waals surface area contributed by atoms with Gasteiger partial charge in [-0.05, 0) is 31.5 Å². The standard InChI is InChI=1S/C15H22FN3O2/c1-17-18-15(20)13-7-3-4-9-19(13)10-11-12(16)6-5-8-14(11)21-2/h5-6,8,13,17H,3-4,7,9-10H2,1-2H3,(H,18,20)/t13-/m0/s1. The summed E-state index contributed by atoms with van der Waals surface area (Å²) in [7, 11) is 3.19. The predicted molar refractivity (Wildman–Crippen MR) is 78.2 cm³/mol. The Morgan fingerprint density at radius 1 is 1.48 bits per heavy atom. The number of methoxy groups -OCH3 is 1. The largest absolute Gasteiger partial charge is 0.496 e. The quantitative estimate of drug-likeness (QED) is 0.807. The van der Waals surface area contributed by atoms with E-state index in [0.29, 0.717) is 17.9 Å². The third-order valence-corrected chi connectivity index (χ3v) is 3.82. The molecule has 0 aromatic heterocycles. The van der Waals surface area contributed by atoms with Crippen LogP contribution in [0.3, 0.4) is 0 Å². The van der Waals surface area contributed by atoms with Crippen LogP contribution < -0.4 is 15.6 Å². The van der Waals surface area contributed by atoms with Crippen molar-refractivity contribution in [3.05, 3.63) is 29.6 Å². The van der Waals surface area contributed by atoms with E-state index in [1.807, 2.05) is 4.90 Å². The topological polar surface area (TPSA) is 53.6 Å². The van der Waals surface area contributed by atoms with Gasteiger partial charge < -0.3 is 4.74 Å². The number of nitrogens with zero attached hydrogens (tertiary/aromatic N) is 1. The zero-order valence-electron chi connectivity index (χ0n) is 12.5. The Labute approximate surface area is 124 Å². The molecule has 1 fully saturated rings. The molecule has 2 N–H and O–H groups in total. The summed E-state index contributed by atoms with van der Waals surface area (Å²) < 4.78 is 19.3. The molecule has 0 unspecified atom stereocenters. The molecule has 1 saturated heterocycles. The van der Waals surface area contributed by atoms with E-state index in [2.05, 4.69) is 10.9 Å². The van der Waals surface area contributed by atoms with Gasteiger partial charge in [-0.15, -0.1) is 0 Å². The summed E-state index contributed by atoms with van der Waals surface area (Å²) in [6.45, 7) is 1.15. The molecule has 1 aromatic carbocycles. The van der Waals surface area contributed by atoms with Crippen LogP contribution in [0.15, 0.2) is 18.2 Å². The van der Waals surface area contributed by atoms with Gasteiger partial charge in [-0.25, -0.2) is 9.82 Å². The maximum Gasteiger partial charge on any atom is 0.251 e. The number of hydrogen-bond acceptors (Lipinski definition) is 4. The Kier molecular flexibility index (Phi) is 5.52. The van der Waals surface area contributed by atoms with E-state index < -0.39 is 0 Å². The Morgan fingerprint density at radius 3 is 3.00 bits per heavy atom. The van der Waals surface area contributed by atoms with Crippen LogP contribution in [0.1, 0.15) is 24.8 Å². The van der Waals surface area contributed by atoms with Gasteiger partial charge in [0.15, 0.2) is 0 Å². The van der Waals surface area contributed by atoms with Crippen LogP contribution in [0.5, 0.6) is 5.75 Å². The van der Waals surface area contributed by atoms with Crippen molar-refractivity contribution in [2.75, 3.05) is 20.7 Å². The van der Waals surface area contributed by atoms with E-state index in [9.17, 15) is 9.18 Å². The zero-order valence-corrected chi connectivity index (χ0v) is 12.5. The third kappa shape index (κ3) is 3.71. The molecule has 1 aromatic rings. The molecule has 0 bridgehead atoms. The highest BCUT2D eigenvalue weighted by Gasteiger charge is 2.29. The lowest BCUT2D eigenvalue weighted by Gasteiger charge is -2.34. The van der Waals surface area contributed by atoms with Crippen LogP contribution >= 0.6 is 0 Å². The fraction of sp³-hybridized carbons (Fsp3) is 0.533. The van der Waals surface area contributed by atoms with Crippen LogP contribution in [0, 0.1) is 5.82 Å². The van der Waals surface area contributed by atoms with Gasteiger partial charge in [0.25, 0.3) is 5.91 Å². The first-order chi connectivity index (χ1) is 10.2. The SMILES string of the molecule is CNNC(=O)[C@@H]1CCCCN1Cc1c(F)cccc1OC. The molecule has 6 heteroatoms. The lowest BCUT2D eigenvalue weighted by atomic mass is 10.00. The van der Waals surface area contributed by atoms with Gasteiger partial charge in [0.1, 0.15) is 11.6 Å². The van der Waals surface area contributed by atoms with Gasteiger partial charge in [0.2, 0.25) is 0 Å². The van der Waals surface area contributed by atoms with Crippen molar-refractivity contribution in [3.8, 4) is 5.75 Å². The van der Waals surface area contributed by atoms with Crippen molar-refractivity contribution in [2.45, 2.75) is 31.8 Å². The Bertz CT molecular complexity index is 496. The molecule has 0 spiro atoms.